The molecular weight excluding hydrogens is 309 g/mol. The van der Waals surface area contributed by atoms with Crippen molar-refractivity contribution in [2.45, 2.75) is 50.8 Å². The van der Waals surface area contributed by atoms with E-state index < -0.39 is 17.8 Å². The highest BCUT2D eigenvalue weighted by Gasteiger charge is 2.32. The van der Waals surface area contributed by atoms with Crippen molar-refractivity contribution in [3.8, 4) is 0 Å². The average molecular weight is 330 g/mol. The molecule has 1 amide bonds. The predicted octanol–water partition coefficient (Wildman–Crippen LogP) is 3.57. The van der Waals surface area contributed by atoms with Crippen LogP contribution in [0.2, 0.25) is 0 Å². The number of ether oxygens (including phenoxy) is 1. The smallest absolute Gasteiger partial charge is 0.378 e. The van der Waals surface area contributed by atoms with Crippen LogP contribution in [-0.2, 0) is 10.9 Å². The standard InChI is InChI=1S/C16H21F3N2O2/c17-16(18,19)14-8-7-12(11-21-14)15(22)20-9-4-10-23-13-5-2-1-3-6-13/h7-8,11,13H,1-6,9-10H2,(H,20,22). The molecule has 1 fully saturated rings. The number of amides is 1. The lowest BCUT2D eigenvalue weighted by molar-refractivity contribution is -0.141. The fourth-order valence-corrected chi connectivity index (χ4v) is 2.55. The van der Waals surface area contributed by atoms with E-state index in [9.17, 15) is 18.0 Å². The molecule has 23 heavy (non-hydrogen) atoms. The molecule has 128 valence electrons. The van der Waals surface area contributed by atoms with Crippen LogP contribution in [0.15, 0.2) is 18.3 Å². The maximum absolute atomic E-state index is 12.4. The summed E-state index contributed by atoms with van der Waals surface area (Å²) in [6, 6.07) is 1.94. The number of nitrogens with one attached hydrogen (secondary N) is 1. The summed E-state index contributed by atoms with van der Waals surface area (Å²) in [5.41, 5.74) is -0.888. The predicted molar refractivity (Wildman–Crippen MR) is 79.0 cm³/mol. The highest BCUT2D eigenvalue weighted by Crippen LogP contribution is 2.27. The van der Waals surface area contributed by atoms with Gasteiger partial charge in [-0.1, -0.05) is 19.3 Å². The van der Waals surface area contributed by atoms with Crippen molar-refractivity contribution in [2.24, 2.45) is 0 Å². The summed E-state index contributed by atoms with van der Waals surface area (Å²) in [6.07, 6.45) is 3.35. The van der Waals surface area contributed by atoms with Crippen LogP contribution >= 0.6 is 0 Å². The van der Waals surface area contributed by atoms with Crippen LogP contribution in [0.25, 0.3) is 0 Å². The largest absolute Gasteiger partial charge is 0.433 e. The first-order chi connectivity index (χ1) is 11.0. The number of carbonyl (C=O) groups is 1. The normalized spacial score (nSPS) is 16.3. The molecule has 0 saturated heterocycles. The molecule has 1 heterocycles. The van der Waals surface area contributed by atoms with Crippen LogP contribution < -0.4 is 5.32 Å². The Morgan fingerprint density at radius 2 is 2.00 bits per heavy atom. The van der Waals surface area contributed by atoms with Gasteiger partial charge in [0, 0.05) is 19.3 Å². The fraction of sp³-hybridized carbons (Fsp3) is 0.625. The van der Waals surface area contributed by atoms with E-state index in [-0.39, 0.29) is 5.56 Å². The van der Waals surface area contributed by atoms with E-state index in [4.69, 9.17) is 4.74 Å². The third kappa shape index (κ3) is 5.82. The molecular formula is C16H21F3N2O2. The number of aromatic nitrogens is 1. The van der Waals surface area contributed by atoms with E-state index in [1.807, 2.05) is 0 Å². The number of alkyl halides is 3. The lowest BCUT2D eigenvalue weighted by Gasteiger charge is -2.21. The van der Waals surface area contributed by atoms with Gasteiger partial charge in [-0.15, -0.1) is 0 Å². The number of hydrogen-bond acceptors (Lipinski definition) is 3. The lowest BCUT2D eigenvalue weighted by Crippen LogP contribution is -2.26. The van der Waals surface area contributed by atoms with E-state index in [0.29, 0.717) is 25.7 Å². The number of hydrogen-bond donors (Lipinski definition) is 1. The SMILES string of the molecule is O=C(NCCCOC1CCCCC1)c1ccc(C(F)(F)F)nc1. The van der Waals surface area contributed by atoms with Gasteiger partial charge in [-0.25, -0.2) is 0 Å². The van der Waals surface area contributed by atoms with E-state index in [1.54, 1.807) is 0 Å². The second kappa shape index (κ2) is 8.29. The summed E-state index contributed by atoms with van der Waals surface area (Å²) in [4.78, 5) is 15.1. The number of rotatable bonds is 6. The van der Waals surface area contributed by atoms with Gasteiger partial charge >= 0.3 is 6.18 Å². The average Bonchev–Trinajstić information content (AvgIpc) is 2.54. The van der Waals surface area contributed by atoms with Crippen molar-refractivity contribution >= 4 is 5.91 Å². The highest BCUT2D eigenvalue weighted by atomic mass is 19.4. The molecule has 0 bridgehead atoms. The van der Waals surface area contributed by atoms with E-state index in [0.717, 1.165) is 31.2 Å². The number of nitrogens with zero attached hydrogens (tertiary/aromatic N) is 1. The summed E-state index contributed by atoms with van der Waals surface area (Å²) < 4.78 is 42.9. The van der Waals surface area contributed by atoms with Gasteiger partial charge in [0.15, 0.2) is 0 Å². The van der Waals surface area contributed by atoms with Crippen molar-refractivity contribution in [3.05, 3.63) is 29.6 Å². The Balaban J connectivity index is 1.66. The maximum atomic E-state index is 12.4. The van der Waals surface area contributed by atoms with Crippen LogP contribution in [0.1, 0.15) is 54.6 Å². The number of pyridine rings is 1. The first-order valence-corrected chi connectivity index (χ1v) is 7.90. The Kier molecular flexibility index (Phi) is 6.38. The summed E-state index contributed by atoms with van der Waals surface area (Å²) in [5.74, 6) is -0.427. The summed E-state index contributed by atoms with van der Waals surface area (Å²) in [7, 11) is 0. The summed E-state index contributed by atoms with van der Waals surface area (Å²) >= 11 is 0. The Morgan fingerprint density at radius 3 is 2.61 bits per heavy atom. The monoisotopic (exact) mass is 330 g/mol. The Bertz CT molecular complexity index is 497. The van der Waals surface area contributed by atoms with Gasteiger partial charge in [0.1, 0.15) is 5.69 Å². The van der Waals surface area contributed by atoms with Gasteiger partial charge in [-0.2, -0.15) is 13.2 Å². The van der Waals surface area contributed by atoms with E-state index >= 15 is 0 Å². The van der Waals surface area contributed by atoms with Crippen LogP contribution in [0.3, 0.4) is 0 Å². The van der Waals surface area contributed by atoms with Crippen molar-refractivity contribution < 1.29 is 22.7 Å². The summed E-state index contributed by atoms with van der Waals surface area (Å²) in [5, 5.41) is 2.65. The van der Waals surface area contributed by atoms with Crippen molar-refractivity contribution in [1.82, 2.24) is 10.3 Å². The summed E-state index contributed by atoms with van der Waals surface area (Å²) in [6.45, 7) is 1.00. The van der Waals surface area contributed by atoms with Gasteiger partial charge in [0.2, 0.25) is 0 Å². The van der Waals surface area contributed by atoms with Gasteiger partial charge < -0.3 is 10.1 Å². The topological polar surface area (TPSA) is 51.2 Å². The molecule has 2 rings (SSSR count). The van der Waals surface area contributed by atoms with Crippen LogP contribution in [0.4, 0.5) is 13.2 Å². The van der Waals surface area contributed by atoms with Crippen LogP contribution in [-0.4, -0.2) is 30.1 Å². The minimum atomic E-state index is -4.49. The zero-order valence-corrected chi connectivity index (χ0v) is 12.9. The van der Waals surface area contributed by atoms with Gasteiger partial charge in [-0.3, -0.25) is 9.78 Å². The van der Waals surface area contributed by atoms with Gasteiger partial charge in [0.25, 0.3) is 5.91 Å². The molecule has 1 aromatic heterocycles. The van der Waals surface area contributed by atoms with Crippen LogP contribution in [0, 0.1) is 0 Å². The minimum Gasteiger partial charge on any atom is -0.378 e. The van der Waals surface area contributed by atoms with Gasteiger partial charge in [0.05, 0.1) is 11.7 Å². The molecule has 1 aliphatic carbocycles. The van der Waals surface area contributed by atoms with E-state index in [2.05, 4.69) is 10.3 Å². The maximum Gasteiger partial charge on any atom is 0.433 e. The number of carbonyl (C=O) groups excluding carboxylic acids is 1. The molecule has 4 nitrogen and oxygen atoms in total. The molecule has 0 aliphatic heterocycles. The van der Waals surface area contributed by atoms with Crippen LogP contribution in [0.5, 0.6) is 0 Å². The fourth-order valence-electron chi connectivity index (χ4n) is 2.55. The van der Waals surface area contributed by atoms with Crippen molar-refractivity contribution in [2.75, 3.05) is 13.2 Å². The van der Waals surface area contributed by atoms with Crippen molar-refractivity contribution in [1.29, 1.82) is 0 Å². The molecule has 0 radical (unpaired) electrons. The first-order valence-electron chi connectivity index (χ1n) is 7.90. The minimum absolute atomic E-state index is 0.117. The van der Waals surface area contributed by atoms with E-state index in [1.165, 1.54) is 19.3 Å². The second-order valence-corrected chi connectivity index (χ2v) is 5.67. The lowest BCUT2D eigenvalue weighted by atomic mass is 9.98. The molecule has 1 aliphatic rings. The molecule has 1 saturated carbocycles. The molecule has 1 N–H and O–H groups in total. The molecule has 0 spiro atoms. The third-order valence-corrected chi connectivity index (χ3v) is 3.83. The third-order valence-electron chi connectivity index (χ3n) is 3.83. The molecule has 0 aromatic carbocycles. The highest BCUT2D eigenvalue weighted by molar-refractivity contribution is 5.93. The van der Waals surface area contributed by atoms with Gasteiger partial charge in [-0.05, 0) is 31.4 Å². The molecule has 0 atom stereocenters. The zero-order chi connectivity index (χ0) is 16.7. The first kappa shape index (κ1) is 17.7. The quantitative estimate of drug-likeness (QED) is 0.811. The zero-order valence-electron chi connectivity index (χ0n) is 12.9. The molecule has 0 unspecified atom stereocenters. The Hall–Kier alpha value is -1.63. The second-order valence-electron chi connectivity index (χ2n) is 5.67. The molecule has 1 aromatic rings. The Morgan fingerprint density at radius 1 is 1.26 bits per heavy atom. The Labute approximate surface area is 133 Å². The van der Waals surface area contributed by atoms with Crippen molar-refractivity contribution in [3.63, 3.8) is 0 Å². The number of halogens is 3. The molecule has 7 heteroatoms.